The highest BCUT2D eigenvalue weighted by Crippen LogP contribution is 2.25. The van der Waals surface area contributed by atoms with Crippen LogP contribution in [0.1, 0.15) is 24.1 Å². The number of pyridine rings is 1. The zero-order chi connectivity index (χ0) is 20.9. The molecule has 1 aliphatic heterocycles. The topological polar surface area (TPSA) is 59.2 Å². The van der Waals surface area contributed by atoms with Crippen molar-refractivity contribution in [3.63, 3.8) is 0 Å². The fourth-order valence-corrected chi connectivity index (χ4v) is 4.01. The molecule has 1 aliphatic rings. The van der Waals surface area contributed by atoms with E-state index in [9.17, 15) is 9.18 Å². The number of hydrogen-bond donors (Lipinski definition) is 1. The van der Waals surface area contributed by atoms with Gasteiger partial charge in [0, 0.05) is 23.6 Å². The molecule has 5 heteroatoms. The highest BCUT2D eigenvalue weighted by molar-refractivity contribution is 5.84. The second-order valence-corrected chi connectivity index (χ2v) is 7.88. The van der Waals surface area contributed by atoms with Gasteiger partial charge in [0.15, 0.2) is 0 Å². The van der Waals surface area contributed by atoms with Crippen molar-refractivity contribution in [2.45, 2.75) is 25.8 Å². The number of rotatable bonds is 6. The van der Waals surface area contributed by atoms with Gasteiger partial charge in [0.25, 0.3) is 0 Å². The summed E-state index contributed by atoms with van der Waals surface area (Å²) in [7, 11) is 0. The number of carbonyl (C=O) groups excluding carboxylic acids is 1. The minimum absolute atomic E-state index is 0.00320. The summed E-state index contributed by atoms with van der Waals surface area (Å²) in [6.07, 6.45) is 1.82. The molecule has 2 aromatic carbocycles. The van der Waals surface area contributed by atoms with Gasteiger partial charge in [-0.1, -0.05) is 48.5 Å². The van der Waals surface area contributed by atoms with Gasteiger partial charge in [-0.25, -0.2) is 4.39 Å². The third kappa shape index (κ3) is 4.74. The van der Waals surface area contributed by atoms with Crippen LogP contribution in [0.25, 0.3) is 11.3 Å². The van der Waals surface area contributed by atoms with E-state index in [0.29, 0.717) is 23.5 Å². The first-order valence-corrected chi connectivity index (χ1v) is 10.4. The standard InChI is InChI=1S/C25H26FN3O/c26-21-9-5-4-8-20(21)17-29-14-12-19(13-15-29)25(30)16-24-22(27)10-11-23(28-24)18-6-2-1-3-7-18/h1-11,19H,12-17,27H2. The third-order valence-electron chi connectivity index (χ3n) is 5.82. The minimum atomic E-state index is -0.171. The van der Waals surface area contributed by atoms with E-state index in [1.165, 1.54) is 6.07 Å². The summed E-state index contributed by atoms with van der Waals surface area (Å²) in [6, 6.07) is 20.5. The number of nitrogens with two attached hydrogens (primary N) is 1. The average Bonchev–Trinajstić information content (AvgIpc) is 2.78. The van der Waals surface area contributed by atoms with Gasteiger partial charge in [-0.05, 0) is 44.1 Å². The van der Waals surface area contributed by atoms with Gasteiger partial charge in [-0.15, -0.1) is 0 Å². The van der Waals surface area contributed by atoms with E-state index in [0.717, 1.165) is 37.2 Å². The van der Waals surface area contributed by atoms with Gasteiger partial charge < -0.3 is 5.73 Å². The van der Waals surface area contributed by atoms with Crippen molar-refractivity contribution >= 4 is 11.5 Å². The molecule has 4 nitrogen and oxygen atoms in total. The van der Waals surface area contributed by atoms with E-state index in [1.54, 1.807) is 6.07 Å². The van der Waals surface area contributed by atoms with Crippen molar-refractivity contribution in [1.82, 2.24) is 9.88 Å². The molecule has 0 bridgehead atoms. The van der Waals surface area contributed by atoms with Crippen LogP contribution < -0.4 is 5.73 Å². The van der Waals surface area contributed by atoms with E-state index in [4.69, 9.17) is 5.73 Å². The molecule has 0 saturated carbocycles. The quantitative estimate of drug-likeness (QED) is 0.659. The van der Waals surface area contributed by atoms with Crippen LogP contribution in [0.2, 0.25) is 0 Å². The molecule has 1 saturated heterocycles. The molecular formula is C25H26FN3O. The summed E-state index contributed by atoms with van der Waals surface area (Å²) >= 11 is 0. The Hall–Kier alpha value is -3.05. The first kappa shape index (κ1) is 20.2. The number of Topliss-reactive ketones (excluding diaryl/α,β-unsaturated/α-hetero) is 1. The Balaban J connectivity index is 1.37. The van der Waals surface area contributed by atoms with Gasteiger partial charge >= 0.3 is 0 Å². The number of aromatic nitrogens is 1. The summed E-state index contributed by atoms with van der Waals surface area (Å²) in [5.41, 5.74) is 9.85. The Kier molecular flexibility index (Phi) is 6.19. The van der Waals surface area contributed by atoms with Crippen molar-refractivity contribution in [2.24, 2.45) is 5.92 Å². The SMILES string of the molecule is Nc1ccc(-c2ccccc2)nc1CC(=O)C1CCN(Cc2ccccc2F)CC1. The second-order valence-electron chi connectivity index (χ2n) is 7.88. The molecule has 1 fully saturated rings. The molecule has 154 valence electrons. The smallest absolute Gasteiger partial charge is 0.142 e. The van der Waals surface area contributed by atoms with E-state index in [1.807, 2.05) is 54.6 Å². The normalized spacial score (nSPS) is 15.2. The molecule has 0 spiro atoms. The molecule has 1 aromatic heterocycles. The maximum Gasteiger partial charge on any atom is 0.142 e. The van der Waals surface area contributed by atoms with Gasteiger partial charge in [-0.3, -0.25) is 14.7 Å². The summed E-state index contributed by atoms with van der Waals surface area (Å²) in [4.78, 5) is 19.8. The molecule has 0 atom stereocenters. The molecule has 3 aromatic rings. The lowest BCUT2D eigenvalue weighted by molar-refractivity contribution is -0.123. The van der Waals surface area contributed by atoms with Gasteiger partial charge in [0.1, 0.15) is 11.6 Å². The Labute approximate surface area is 176 Å². The van der Waals surface area contributed by atoms with E-state index in [2.05, 4.69) is 9.88 Å². The van der Waals surface area contributed by atoms with Crippen molar-refractivity contribution in [1.29, 1.82) is 0 Å². The molecule has 4 rings (SSSR count). The number of nitrogens with zero attached hydrogens (tertiary/aromatic N) is 2. The number of halogens is 1. The Bertz CT molecular complexity index is 1010. The van der Waals surface area contributed by atoms with Crippen molar-refractivity contribution < 1.29 is 9.18 Å². The van der Waals surface area contributed by atoms with Gasteiger partial charge in [0.2, 0.25) is 0 Å². The molecule has 0 unspecified atom stereocenters. The van der Waals surface area contributed by atoms with Gasteiger partial charge in [-0.2, -0.15) is 0 Å². The lowest BCUT2D eigenvalue weighted by atomic mass is 9.89. The Morgan fingerprint density at radius 1 is 1.00 bits per heavy atom. The lowest BCUT2D eigenvalue weighted by Crippen LogP contribution is -2.36. The molecular weight excluding hydrogens is 377 g/mol. The maximum atomic E-state index is 13.9. The molecule has 0 radical (unpaired) electrons. The predicted octanol–water partition coefficient (Wildman–Crippen LogP) is 4.49. The fourth-order valence-electron chi connectivity index (χ4n) is 4.01. The first-order valence-electron chi connectivity index (χ1n) is 10.4. The van der Waals surface area contributed by atoms with Crippen molar-refractivity contribution in [2.75, 3.05) is 18.8 Å². The zero-order valence-electron chi connectivity index (χ0n) is 16.9. The number of nitrogen functional groups attached to an aromatic ring is 1. The van der Waals surface area contributed by atoms with Crippen molar-refractivity contribution in [3.8, 4) is 11.3 Å². The molecule has 0 aliphatic carbocycles. The minimum Gasteiger partial charge on any atom is -0.397 e. The number of benzene rings is 2. The lowest BCUT2D eigenvalue weighted by Gasteiger charge is -2.31. The van der Waals surface area contributed by atoms with Crippen LogP contribution in [0.15, 0.2) is 66.7 Å². The van der Waals surface area contributed by atoms with Crippen LogP contribution in [0.5, 0.6) is 0 Å². The monoisotopic (exact) mass is 403 g/mol. The maximum absolute atomic E-state index is 13.9. The predicted molar refractivity (Wildman–Crippen MR) is 117 cm³/mol. The molecule has 30 heavy (non-hydrogen) atoms. The van der Waals surface area contributed by atoms with Crippen LogP contribution in [-0.2, 0) is 17.8 Å². The van der Waals surface area contributed by atoms with E-state index < -0.39 is 0 Å². The highest BCUT2D eigenvalue weighted by atomic mass is 19.1. The Morgan fingerprint density at radius 2 is 1.70 bits per heavy atom. The zero-order valence-corrected chi connectivity index (χ0v) is 16.9. The molecule has 2 N–H and O–H groups in total. The van der Waals surface area contributed by atoms with Crippen LogP contribution in [0, 0.1) is 11.7 Å². The Morgan fingerprint density at radius 3 is 2.43 bits per heavy atom. The number of piperidine rings is 1. The highest BCUT2D eigenvalue weighted by Gasteiger charge is 2.26. The second kappa shape index (κ2) is 9.18. The average molecular weight is 404 g/mol. The number of likely N-dealkylation sites (tertiary alicyclic amines) is 1. The summed E-state index contributed by atoms with van der Waals surface area (Å²) in [5.74, 6) is 0.0175. The van der Waals surface area contributed by atoms with Crippen LogP contribution in [-0.4, -0.2) is 28.8 Å². The summed E-state index contributed by atoms with van der Waals surface area (Å²) < 4.78 is 13.9. The number of carbonyl (C=O) groups is 1. The molecule has 0 amide bonds. The van der Waals surface area contributed by atoms with E-state index in [-0.39, 0.29) is 23.9 Å². The first-order chi connectivity index (χ1) is 14.6. The number of anilines is 1. The number of ketones is 1. The van der Waals surface area contributed by atoms with Crippen molar-refractivity contribution in [3.05, 3.63) is 83.8 Å². The van der Waals surface area contributed by atoms with E-state index >= 15 is 0 Å². The van der Waals surface area contributed by atoms with Gasteiger partial charge in [0.05, 0.1) is 23.5 Å². The third-order valence-corrected chi connectivity index (χ3v) is 5.82. The largest absolute Gasteiger partial charge is 0.397 e. The molecule has 2 heterocycles. The van der Waals surface area contributed by atoms with Crippen LogP contribution in [0.4, 0.5) is 10.1 Å². The van der Waals surface area contributed by atoms with Crippen LogP contribution in [0.3, 0.4) is 0 Å². The summed E-state index contributed by atoms with van der Waals surface area (Å²) in [5, 5.41) is 0. The fraction of sp³-hybridized carbons (Fsp3) is 0.280. The van der Waals surface area contributed by atoms with Crippen LogP contribution >= 0.6 is 0 Å². The summed E-state index contributed by atoms with van der Waals surface area (Å²) in [6.45, 7) is 2.16. The number of hydrogen-bond acceptors (Lipinski definition) is 4.